The van der Waals surface area contributed by atoms with Crippen molar-refractivity contribution in [2.45, 2.75) is 52.2 Å². The maximum Gasteiger partial charge on any atom is 0.410 e. The lowest BCUT2D eigenvalue weighted by molar-refractivity contribution is -0.143. The Bertz CT molecular complexity index is 352. The molecule has 6 nitrogen and oxygen atoms in total. The molecule has 0 spiro atoms. The fourth-order valence-corrected chi connectivity index (χ4v) is 2.21. The number of carbonyl (C=O) groups is 2. The van der Waals surface area contributed by atoms with Crippen molar-refractivity contribution in [2.24, 2.45) is 11.7 Å². The number of hydrogen-bond donors (Lipinski definition) is 1. The van der Waals surface area contributed by atoms with Crippen molar-refractivity contribution >= 4 is 12.1 Å². The van der Waals surface area contributed by atoms with Crippen molar-refractivity contribution in [3.05, 3.63) is 0 Å². The number of rotatable bonds is 4. The van der Waals surface area contributed by atoms with Crippen LogP contribution in [-0.4, -0.2) is 48.3 Å². The molecule has 0 saturated carbocycles. The van der Waals surface area contributed by atoms with Crippen LogP contribution in [0, 0.1) is 5.92 Å². The van der Waals surface area contributed by atoms with Crippen LogP contribution >= 0.6 is 0 Å². The Morgan fingerprint density at radius 3 is 2.60 bits per heavy atom. The fraction of sp³-hybridized carbons (Fsp3) is 0.857. The number of carbonyl (C=O) groups excluding carboxylic acids is 2. The van der Waals surface area contributed by atoms with Crippen LogP contribution in [0.2, 0.25) is 0 Å². The maximum atomic E-state index is 11.9. The molecule has 0 aromatic heterocycles. The molecule has 0 aromatic rings. The summed E-state index contributed by atoms with van der Waals surface area (Å²) in [5, 5.41) is 0. The first-order valence-corrected chi connectivity index (χ1v) is 7.12. The topological polar surface area (TPSA) is 81.9 Å². The van der Waals surface area contributed by atoms with Crippen LogP contribution in [0.3, 0.4) is 0 Å². The quantitative estimate of drug-likeness (QED) is 0.792. The Hall–Kier alpha value is -1.30. The van der Waals surface area contributed by atoms with Crippen LogP contribution in [0.15, 0.2) is 0 Å². The standard InChI is InChI=1S/C14H26N2O4/c1-5-19-12(17)8-11(15)10-6-7-16(9-10)13(18)20-14(2,3)4/h10-11H,5-9,15H2,1-4H3/t10-,11-/m1/s1. The maximum absolute atomic E-state index is 11.9. The Morgan fingerprint density at radius 2 is 2.05 bits per heavy atom. The highest BCUT2D eigenvalue weighted by molar-refractivity contribution is 5.70. The molecule has 1 heterocycles. The largest absolute Gasteiger partial charge is 0.466 e. The molecule has 20 heavy (non-hydrogen) atoms. The van der Waals surface area contributed by atoms with Crippen LogP contribution in [0.5, 0.6) is 0 Å². The van der Waals surface area contributed by atoms with Crippen LogP contribution in [0.4, 0.5) is 4.79 Å². The Labute approximate surface area is 120 Å². The second kappa shape index (κ2) is 6.92. The molecule has 6 heteroatoms. The predicted octanol–water partition coefficient (Wildman–Crippen LogP) is 1.52. The minimum Gasteiger partial charge on any atom is -0.466 e. The molecule has 0 unspecified atom stereocenters. The van der Waals surface area contributed by atoms with Gasteiger partial charge in [0, 0.05) is 19.1 Å². The van der Waals surface area contributed by atoms with Crippen LogP contribution in [-0.2, 0) is 14.3 Å². The molecule has 116 valence electrons. The van der Waals surface area contributed by atoms with Gasteiger partial charge >= 0.3 is 12.1 Å². The van der Waals surface area contributed by atoms with E-state index in [1.54, 1.807) is 11.8 Å². The van der Waals surface area contributed by atoms with Gasteiger partial charge in [-0.3, -0.25) is 4.79 Å². The number of likely N-dealkylation sites (tertiary alicyclic amines) is 1. The lowest BCUT2D eigenvalue weighted by Crippen LogP contribution is -2.38. The van der Waals surface area contributed by atoms with Crippen molar-refractivity contribution in [1.82, 2.24) is 4.90 Å². The molecule has 1 saturated heterocycles. The molecular weight excluding hydrogens is 260 g/mol. The zero-order valence-electron chi connectivity index (χ0n) is 12.8. The lowest BCUT2D eigenvalue weighted by atomic mass is 9.97. The molecule has 0 bridgehead atoms. The summed E-state index contributed by atoms with van der Waals surface area (Å²) >= 11 is 0. The summed E-state index contributed by atoms with van der Waals surface area (Å²) in [5.74, 6) is -0.164. The Balaban J connectivity index is 2.42. The van der Waals surface area contributed by atoms with Crippen molar-refractivity contribution in [2.75, 3.05) is 19.7 Å². The molecule has 0 aromatic carbocycles. The number of ether oxygens (including phenoxy) is 2. The molecule has 2 atom stereocenters. The third kappa shape index (κ3) is 5.36. The highest BCUT2D eigenvalue weighted by Crippen LogP contribution is 2.22. The number of nitrogens with zero attached hydrogens (tertiary/aromatic N) is 1. The summed E-state index contributed by atoms with van der Waals surface area (Å²) in [6.45, 7) is 8.80. The fourth-order valence-electron chi connectivity index (χ4n) is 2.21. The predicted molar refractivity (Wildman–Crippen MR) is 75.1 cm³/mol. The number of nitrogens with two attached hydrogens (primary N) is 1. The molecule has 0 radical (unpaired) electrons. The third-order valence-electron chi connectivity index (χ3n) is 3.19. The zero-order chi connectivity index (χ0) is 15.3. The molecule has 1 fully saturated rings. The van der Waals surface area contributed by atoms with Crippen molar-refractivity contribution in [1.29, 1.82) is 0 Å². The van der Waals surface area contributed by atoms with Gasteiger partial charge in [0.05, 0.1) is 13.0 Å². The van der Waals surface area contributed by atoms with Gasteiger partial charge in [0.1, 0.15) is 5.60 Å². The van der Waals surface area contributed by atoms with E-state index in [2.05, 4.69) is 0 Å². The Morgan fingerprint density at radius 1 is 1.40 bits per heavy atom. The zero-order valence-corrected chi connectivity index (χ0v) is 12.8. The van der Waals surface area contributed by atoms with E-state index in [-0.39, 0.29) is 30.4 Å². The second-order valence-corrected chi connectivity index (χ2v) is 6.15. The van der Waals surface area contributed by atoms with Gasteiger partial charge in [0.25, 0.3) is 0 Å². The van der Waals surface area contributed by atoms with E-state index in [1.165, 1.54) is 0 Å². The normalized spacial score (nSPS) is 20.6. The van der Waals surface area contributed by atoms with E-state index >= 15 is 0 Å². The smallest absolute Gasteiger partial charge is 0.410 e. The van der Waals surface area contributed by atoms with Crippen LogP contribution < -0.4 is 5.73 Å². The van der Waals surface area contributed by atoms with Gasteiger partial charge in [-0.05, 0) is 40.0 Å². The van der Waals surface area contributed by atoms with Crippen molar-refractivity contribution < 1.29 is 19.1 Å². The van der Waals surface area contributed by atoms with Gasteiger partial charge in [-0.1, -0.05) is 0 Å². The molecule has 0 aliphatic carbocycles. The van der Waals surface area contributed by atoms with Crippen LogP contribution in [0.1, 0.15) is 40.5 Å². The SMILES string of the molecule is CCOC(=O)C[C@@H](N)[C@@H]1CCN(C(=O)OC(C)(C)C)C1. The molecule has 1 rings (SSSR count). The highest BCUT2D eigenvalue weighted by atomic mass is 16.6. The summed E-state index contributed by atoms with van der Waals surface area (Å²) in [4.78, 5) is 25.0. The minimum absolute atomic E-state index is 0.118. The summed E-state index contributed by atoms with van der Waals surface area (Å²) < 4.78 is 10.2. The van der Waals surface area contributed by atoms with E-state index < -0.39 is 5.60 Å². The molecule has 2 N–H and O–H groups in total. The second-order valence-electron chi connectivity index (χ2n) is 6.15. The number of hydrogen-bond acceptors (Lipinski definition) is 5. The van der Waals surface area contributed by atoms with Gasteiger partial charge in [0.2, 0.25) is 0 Å². The first-order chi connectivity index (χ1) is 9.23. The summed E-state index contributed by atoms with van der Waals surface area (Å²) in [6.07, 6.45) is 0.670. The van der Waals surface area contributed by atoms with E-state index in [4.69, 9.17) is 15.2 Å². The summed E-state index contributed by atoms with van der Waals surface area (Å²) in [6, 6.07) is -0.276. The lowest BCUT2D eigenvalue weighted by Gasteiger charge is -2.25. The first kappa shape index (κ1) is 16.8. The number of amides is 1. The van der Waals surface area contributed by atoms with Gasteiger partial charge < -0.3 is 20.1 Å². The summed E-state index contributed by atoms with van der Waals surface area (Å²) in [5.41, 5.74) is 5.52. The van der Waals surface area contributed by atoms with E-state index in [1.807, 2.05) is 20.8 Å². The third-order valence-corrected chi connectivity index (χ3v) is 3.19. The summed E-state index contributed by atoms with van der Waals surface area (Å²) in [7, 11) is 0. The first-order valence-electron chi connectivity index (χ1n) is 7.12. The Kier molecular flexibility index (Phi) is 5.80. The molecule has 1 amide bonds. The molecule has 1 aliphatic heterocycles. The van der Waals surface area contributed by atoms with Gasteiger partial charge in [-0.25, -0.2) is 4.79 Å². The van der Waals surface area contributed by atoms with E-state index in [0.29, 0.717) is 19.7 Å². The highest BCUT2D eigenvalue weighted by Gasteiger charge is 2.33. The van der Waals surface area contributed by atoms with E-state index in [9.17, 15) is 9.59 Å². The van der Waals surface area contributed by atoms with Gasteiger partial charge in [-0.15, -0.1) is 0 Å². The number of esters is 1. The molecule has 1 aliphatic rings. The minimum atomic E-state index is -0.498. The van der Waals surface area contributed by atoms with Crippen molar-refractivity contribution in [3.63, 3.8) is 0 Å². The average molecular weight is 286 g/mol. The monoisotopic (exact) mass is 286 g/mol. The van der Waals surface area contributed by atoms with Crippen LogP contribution in [0.25, 0.3) is 0 Å². The van der Waals surface area contributed by atoms with Gasteiger partial charge in [0.15, 0.2) is 0 Å². The van der Waals surface area contributed by atoms with Gasteiger partial charge in [-0.2, -0.15) is 0 Å². The average Bonchev–Trinajstić information content (AvgIpc) is 2.75. The molecular formula is C14H26N2O4. The van der Waals surface area contributed by atoms with E-state index in [0.717, 1.165) is 6.42 Å². The van der Waals surface area contributed by atoms with Crippen molar-refractivity contribution in [3.8, 4) is 0 Å².